The summed E-state index contributed by atoms with van der Waals surface area (Å²) in [5, 5.41) is 0. The maximum Gasteiger partial charge on any atom is 0.134 e. The van der Waals surface area contributed by atoms with E-state index in [1.54, 1.807) is 0 Å². The van der Waals surface area contributed by atoms with Crippen molar-refractivity contribution in [2.45, 2.75) is 161 Å². The molecule has 0 aromatic carbocycles. The molecule has 0 saturated heterocycles. The van der Waals surface area contributed by atoms with Crippen LogP contribution in [0.3, 0.4) is 0 Å². The van der Waals surface area contributed by atoms with Gasteiger partial charge in [-0.1, -0.05) is 90.9 Å². The first-order valence-corrected chi connectivity index (χ1v) is 16.5. The first-order valence-electron chi connectivity index (χ1n) is 16.5. The zero-order valence-corrected chi connectivity index (χ0v) is 23.9. The van der Waals surface area contributed by atoms with E-state index >= 15 is 17.6 Å². The summed E-state index contributed by atoms with van der Waals surface area (Å²) in [5.41, 5.74) is 0. The van der Waals surface area contributed by atoms with Gasteiger partial charge in [0.2, 0.25) is 0 Å². The Morgan fingerprint density at radius 2 is 1.22 bits per heavy atom. The molecule has 4 heteroatoms. The molecule has 0 amide bonds. The van der Waals surface area contributed by atoms with Gasteiger partial charge < -0.3 is 0 Å². The molecule has 0 aromatic heterocycles. The van der Waals surface area contributed by atoms with Crippen molar-refractivity contribution in [3.8, 4) is 0 Å². The highest BCUT2D eigenvalue weighted by molar-refractivity contribution is 4.95. The Hall–Kier alpha value is -0.280. The predicted octanol–water partition coefficient (Wildman–Crippen LogP) is 10.8. The van der Waals surface area contributed by atoms with E-state index < -0.39 is 24.7 Å². The van der Waals surface area contributed by atoms with Gasteiger partial charge in [0.1, 0.15) is 24.7 Å². The molecule has 4 fully saturated rings. The van der Waals surface area contributed by atoms with Crippen LogP contribution in [0.2, 0.25) is 0 Å². The molecule has 0 aliphatic heterocycles. The predicted molar refractivity (Wildman–Crippen MR) is 147 cm³/mol. The van der Waals surface area contributed by atoms with E-state index in [4.69, 9.17) is 0 Å². The van der Waals surface area contributed by atoms with Crippen LogP contribution in [0.5, 0.6) is 0 Å². The highest BCUT2D eigenvalue weighted by Gasteiger charge is 2.46. The molecule has 4 aliphatic carbocycles. The molecular formula is C33H56F4. The monoisotopic (exact) mass is 528 g/mol. The third-order valence-electron chi connectivity index (χ3n) is 11.7. The second-order valence-electron chi connectivity index (χ2n) is 13.9. The van der Waals surface area contributed by atoms with Gasteiger partial charge in [-0.15, -0.1) is 0 Å². The molecule has 0 radical (unpaired) electrons. The molecule has 0 N–H and O–H groups in total. The number of unbranched alkanes of at least 4 members (excludes halogenated alkanes) is 2. The average molecular weight is 529 g/mol. The molecule has 216 valence electrons. The summed E-state index contributed by atoms with van der Waals surface area (Å²) in [4.78, 5) is 0. The fraction of sp³-hybridized carbons (Fsp3) is 1.00. The van der Waals surface area contributed by atoms with Crippen molar-refractivity contribution in [3.05, 3.63) is 0 Å². The lowest BCUT2D eigenvalue weighted by molar-refractivity contribution is -0.0354. The smallest absolute Gasteiger partial charge is 0.134 e. The van der Waals surface area contributed by atoms with Crippen molar-refractivity contribution in [2.75, 3.05) is 0 Å². The van der Waals surface area contributed by atoms with Crippen molar-refractivity contribution < 1.29 is 17.6 Å². The van der Waals surface area contributed by atoms with Gasteiger partial charge in [0.25, 0.3) is 0 Å². The lowest BCUT2D eigenvalue weighted by Crippen LogP contribution is -2.44. The summed E-state index contributed by atoms with van der Waals surface area (Å²) in [6.07, 6.45) is 14.4. The van der Waals surface area contributed by atoms with Crippen LogP contribution in [-0.4, -0.2) is 24.7 Å². The van der Waals surface area contributed by atoms with Crippen molar-refractivity contribution in [1.29, 1.82) is 0 Å². The number of hydrogen-bond acceptors (Lipinski definition) is 0. The maximum absolute atomic E-state index is 15.3. The van der Waals surface area contributed by atoms with Gasteiger partial charge in [-0.3, -0.25) is 0 Å². The Kier molecular flexibility index (Phi) is 11.5. The zero-order chi connectivity index (χ0) is 26.4. The van der Waals surface area contributed by atoms with Crippen molar-refractivity contribution in [3.63, 3.8) is 0 Å². The molecule has 9 unspecified atom stereocenters. The van der Waals surface area contributed by atoms with E-state index in [1.165, 1.54) is 32.1 Å². The summed E-state index contributed by atoms with van der Waals surface area (Å²) in [7, 11) is 0. The van der Waals surface area contributed by atoms with Gasteiger partial charge in [0.05, 0.1) is 0 Å². The summed E-state index contributed by atoms with van der Waals surface area (Å²) < 4.78 is 60.7. The minimum Gasteiger partial charge on any atom is -0.244 e. The van der Waals surface area contributed by atoms with Crippen LogP contribution in [0.4, 0.5) is 17.6 Å². The first-order chi connectivity index (χ1) is 17.9. The topological polar surface area (TPSA) is 0 Å². The Morgan fingerprint density at radius 3 is 1.84 bits per heavy atom. The Morgan fingerprint density at radius 1 is 0.595 bits per heavy atom. The number of rotatable bonds is 10. The Labute approximate surface area is 225 Å². The van der Waals surface area contributed by atoms with Crippen LogP contribution in [0.25, 0.3) is 0 Å². The van der Waals surface area contributed by atoms with Gasteiger partial charge in [0.15, 0.2) is 0 Å². The normalized spacial score (nSPS) is 43.0. The minimum absolute atomic E-state index is 0.0507. The quantitative estimate of drug-likeness (QED) is 0.195. The zero-order valence-electron chi connectivity index (χ0n) is 23.9. The standard InChI is InChI=1S/C33H56F4/c1-3-4-6-9-22(2)27-19-18-26(30(34)31(27)35)17-14-23-12-15-25(16-13-23)29-21-20-28(32(36)33(29)37)24-10-7-5-8-11-24/h22-33H,3-21H2,1-2H3. The molecule has 0 nitrogen and oxygen atoms in total. The molecule has 0 bridgehead atoms. The molecule has 0 spiro atoms. The van der Waals surface area contributed by atoms with Crippen LogP contribution in [0.15, 0.2) is 0 Å². The molecular weight excluding hydrogens is 472 g/mol. The van der Waals surface area contributed by atoms with E-state index in [1.807, 2.05) is 0 Å². The molecule has 0 heterocycles. The Bertz CT molecular complexity index is 640. The largest absolute Gasteiger partial charge is 0.244 e. The van der Waals surface area contributed by atoms with Crippen LogP contribution in [0, 0.1) is 47.3 Å². The lowest BCUT2D eigenvalue weighted by Gasteiger charge is -2.44. The van der Waals surface area contributed by atoms with Gasteiger partial charge in [-0.05, 0) is 92.3 Å². The summed E-state index contributed by atoms with van der Waals surface area (Å²) >= 11 is 0. The van der Waals surface area contributed by atoms with Crippen LogP contribution >= 0.6 is 0 Å². The van der Waals surface area contributed by atoms with Crippen molar-refractivity contribution in [2.24, 2.45) is 47.3 Å². The maximum atomic E-state index is 15.3. The third kappa shape index (κ3) is 7.47. The van der Waals surface area contributed by atoms with E-state index in [-0.39, 0.29) is 29.6 Å². The number of hydrogen-bond donors (Lipinski definition) is 0. The third-order valence-corrected chi connectivity index (χ3v) is 11.7. The summed E-state index contributed by atoms with van der Waals surface area (Å²) in [6.45, 7) is 4.30. The highest BCUT2D eigenvalue weighted by atomic mass is 19.2. The van der Waals surface area contributed by atoms with Crippen LogP contribution < -0.4 is 0 Å². The van der Waals surface area contributed by atoms with Crippen LogP contribution in [0.1, 0.15) is 136 Å². The van der Waals surface area contributed by atoms with Gasteiger partial charge in [0, 0.05) is 0 Å². The fourth-order valence-corrected chi connectivity index (χ4v) is 9.14. The van der Waals surface area contributed by atoms with Gasteiger partial charge in [-0.2, -0.15) is 0 Å². The lowest BCUT2D eigenvalue weighted by atomic mass is 9.64. The molecule has 37 heavy (non-hydrogen) atoms. The average Bonchev–Trinajstić information content (AvgIpc) is 2.92. The van der Waals surface area contributed by atoms with E-state index in [0.29, 0.717) is 17.8 Å². The SMILES string of the molecule is CCCCCC(C)C1CCC(CCC2CCC(C3CCC(C4CCCCC4)C(F)C3F)CC2)C(F)C1F. The van der Waals surface area contributed by atoms with Gasteiger partial charge >= 0.3 is 0 Å². The summed E-state index contributed by atoms with van der Waals surface area (Å²) in [5.74, 6) is 1.14. The molecule has 4 rings (SSSR count). The fourth-order valence-electron chi connectivity index (χ4n) is 9.14. The second kappa shape index (κ2) is 14.4. The van der Waals surface area contributed by atoms with Crippen molar-refractivity contribution >= 4 is 0 Å². The molecule has 0 aromatic rings. The molecule has 4 saturated carbocycles. The van der Waals surface area contributed by atoms with Gasteiger partial charge in [-0.25, -0.2) is 17.6 Å². The number of alkyl halides is 4. The van der Waals surface area contributed by atoms with E-state index in [2.05, 4.69) is 13.8 Å². The molecule has 9 atom stereocenters. The second-order valence-corrected chi connectivity index (χ2v) is 13.9. The minimum atomic E-state index is -1.31. The van der Waals surface area contributed by atoms with E-state index in [9.17, 15) is 0 Å². The summed E-state index contributed by atoms with van der Waals surface area (Å²) in [6, 6.07) is 0. The highest BCUT2D eigenvalue weighted by Crippen LogP contribution is 2.48. The van der Waals surface area contributed by atoms with E-state index in [0.717, 1.165) is 89.9 Å². The first kappa shape index (κ1) is 29.7. The van der Waals surface area contributed by atoms with Crippen molar-refractivity contribution in [1.82, 2.24) is 0 Å². The number of halogens is 4. The Balaban J connectivity index is 1.17. The van der Waals surface area contributed by atoms with Crippen LogP contribution in [-0.2, 0) is 0 Å². The molecule has 4 aliphatic rings.